The van der Waals surface area contributed by atoms with E-state index in [9.17, 15) is 9.59 Å². The van der Waals surface area contributed by atoms with Crippen LogP contribution in [0.15, 0.2) is 60.7 Å². The van der Waals surface area contributed by atoms with Gasteiger partial charge in [0.25, 0.3) is 5.91 Å². The monoisotopic (exact) mass is 364 g/mol. The lowest BCUT2D eigenvalue weighted by atomic mass is 9.88. The van der Waals surface area contributed by atoms with Crippen molar-refractivity contribution in [2.45, 2.75) is 26.2 Å². The van der Waals surface area contributed by atoms with Crippen molar-refractivity contribution in [3.63, 3.8) is 0 Å². The zero-order valence-electron chi connectivity index (χ0n) is 16.1. The number of carbonyl (C=O) groups excluding carboxylic acids is 2. The van der Waals surface area contributed by atoms with Crippen LogP contribution in [0.25, 0.3) is 0 Å². The van der Waals surface area contributed by atoms with Gasteiger partial charge in [0.2, 0.25) is 5.91 Å². The fourth-order valence-electron chi connectivity index (χ4n) is 3.65. The lowest BCUT2D eigenvalue weighted by molar-refractivity contribution is -0.124. The van der Waals surface area contributed by atoms with Crippen LogP contribution >= 0.6 is 0 Å². The molecule has 1 saturated heterocycles. The first kappa shape index (κ1) is 19.2. The summed E-state index contributed by atoms with van der Waals surface area (Å²) < 4.78 is 0. The number of carbonyl (C=O) groups is 2. The molecule has 0 aliphatic carbocycles. The van der Waals surface area contributed by atoms with E-state index in [0.717, 1.165) is 12.0 Å². The predicted octanol–water partition coefficient (Wildman–Crippen LogP) is 3.70. The van der Waals surface area contributed by atoms with Crippen molar-refractivity contribution in [3.8, 4) is 0 Å². The summed E-state index contributed by atoms with van der Waals surface area (Å²) in [5, 5.41) is 3.08. The molecule has 0 saturated carbocycles. The number of benzene rings is 2. The SMILES string of the molecule is CC(C)CCNC(=O)[C@@H]1CN(C(=O)c2ccccc2)C[C@H]1c1ccccc1. The van der Waals surface area contributed by atoms with E-state index in [0.29, 0.717) is 31.1 Å². The summed E-state index contributed by atoms with van der Waals surface area (Å²) in [5.41, 5.74) is 1.79. The van der Waals surface area contributed by atoms with E-state index in [-0.39, 0.29) is 23.7 Å². The molecule has 1 aliphatic rings. The van der Waals surface area contributed by atoms with Crippen LogP contribution in [0.3, 0.4) is 0 Å². The van der Waals surface area contributed by atoms with Gasteiger partial charge in [-0.2, -0.15) is 0 Å². The highest BCUT2D eigenvalue weighted by Gasteiger charge is 2.40. The minimum atomic E-state index is -0.216. The van der Waals surface area contributed by atoms with Gasteiger partial charge in [-0.15, -0.1) is 0 Å². The minimum Gasteiger partial charge on any atom is -0.356 e. The third-order valence-corrected chi connectivity index (χ3v) is 5.21. The van der Waals surface area contributed by atoms with Gasteiger partial charge in [0.15, 0.2) is 0 Å². The van der Waals surface area contributed by atoms with Crippen molar-refractivity contribution in [2.75, 3.05) is 19.6 Å². The maximum Gasteiger partial charge on any atom is 0.253 e. The number of hydrogen-bond donors (Lipinski definition) is 1. The number of likely N-dealkylation sites (tertiary alicyclic amines) is 1. The van der Waals surface area contributed by atoms with Gasteiger partial charge in [-0.05, 0) is 30.0 Å². The van der Waals surface area contributed by atoms with Crippen LogP contribution in [-0.4, -0.2) is 36.3 Å². The van der Waals surface area contributed by atoms with Gasteiger partial charge in [0, 0.05) is 31.1 Å². The lowest BCUT2D eigenvalue weighted by Crippen LogP contribution is -2.36. The Labute approximate surface area is 161 Å². The maximum atomic E-state index is 12.9. The summed E-state index contributed by atoms with van der Waals surface area (Å²) in [5.74, 6) is 0.405. The molecule has 2 aromatic carbocycles. The third kappa shape index (κ3) is 4.76. The first-order valence-electron chi connectivity index (χ1n) is 9.73. The zero-order valence-corrected chi connectivity index (χ0v) is 16.1. The molecule has 2 atom stereocenters. The zero-order chi connectivity index (χ0) is 19.2. The molecular formula is C23H28N2O2. The van der Waals surface area contributed by atoms with E-state index in [4.69, 9.17) is 0 Å². The summed E-state index contributed by atoms with van der Waals surface area (Å²) in [7, 11) is 0. The lowest BCUT2D eigenvalue weighted by Gasteiger charge is -2.18. The molecule has 142 valence electrons. The molecule has 2 amide bonds. The molecule has 1 N–H and O–H groups in total. The van der Waals surface area contributed by atoms with Crippen LogP contribution in [-0.2, 0) is 4.79 Å². The molecule has 1 aliphatic heterocycles. The van der Waals surface area contributed by atoms with Gasteiger partial charge in [0.1, 0.15) is 0 Å². The van der Waals surface area contributed by atoms with Crippen molar-refractivity contribution in [2.24, 2.45) is 11.8 Å². The normalized spacial score (nSPS) is 19.3. The predicted molar refractivity (Wildman–Crippen MR) is 107 cm³/mol. The summed E-state index contributed by atoms with van der Waals surface area (Å²) in [6.45, 7) is 6.01. The van der Waals surface area contributed by atoms with Gasteiger partial charge in [-0.3, -0.25) is 9.59 Å². The molecule has 0 bridgehead atoms. The van der Waals surface area contributed by atoms with Gasteiger partial charge in [-0.1, -0.05) is 62.4 Å². The molecule has 2 aromatic rings. The average Bonchev–Trinajstić information content (AvgIpc) is 3.14. The highest BCUT2D eigenvalue weighted by molar-refractivity contribution is 5.95. The Hall–Kier alpha value is -2.62. The van der Waals surface area contributed by atoms with Gasteiger partial charge in [-0.25, -0.2) is 0 Å². The van der Waals surface area contributed by atoms with E-state index < -0.39 is 0 Å². The Morgan fingerprint density at radius 1 is 1.00 bits per heavy atom. The maximum absolute atomic E-state index is 12.9. The highest BCUT2D eigenvalue weighted by atomic mass is 16.2. The van der Waals surface area contributed by atoms with Crippen LogP contribution in [0.5, 0.6) is 0 Å². The van der Waals surface area contributed by atoms with Crippen LogP contribution in [0.2, 0.25) is 0 Å². The van der Waals surface area contributed by atoms with Crippen LogP contribution in [0.4, 0.5) is 0 Å². The molecule has 1 fully saturated rings. The van der Waals surface area contributed by atoms with Crippen LogP contribution in [0, 0.1) is 11.8 Å². The Morgan fingerprint density at radius 2 is 1.63 bits per heavy atom. The second-order valence-electron chi connectivity index (χ2n) is 7.67. The van der Waals surface area contributed by atoms with Crippen LogP contribution in [0.1, 0.15) is 42.1 Å². The van der Waals surface area contributed by atoms with E-state index in [2.05, 4.69) is 31.3 Å². The van der Waals surface area contributed by atoms with E-state index in [1.54, 1.807) is 0 Å². The number of nitrogens with one attached hydrogen (secondary N) is 1. The molecule has 0 spiro atoms. The second kappa shape index (κ2) is 8.85. The van der Waals surface area contributed by atoms with Crippen molar-refractivity contribution < 1.29 is 9.59 Å². The molecule has 1 heterocycles. The molecule has 0 unspecified atom stereocenters. The number of hydrogen-bond acceptors (Lipinski definition) is 2. The second-order valence-corrected chi connectivity index (χ2v) is 7.67. The topological polar surface area (TPSA) is 49.4 Å². The molecular weight excluding hydrogens is 336 g/mol. The highest BCUT2D eigenvalue weighted by Crippen LogP contribution is 2.33. The molecule has 4 heteroatoms. The summed E-state index contributed by atoms with van der Waals surface area (Å²) >= 11 is 0. The summed E-state index contributed by atoms with van der Waals surface area (Å²) in [6.07, 6.45) is 0.959. The van der Waals surface area contributed by atoms with Gasteiger partial charge < -0.3 is 10.2 Å². The van der Waals surface area contributed by atoms with Crippen molar-refractivity contribution in [1.82, 2.24) is 10.2 Å². The fourth-order valence-corrected chi connectivity index (χ4v) is 3.65. The van der Waals surface area contributed by atoms with Crippen LogP contribution < -0.4 is 5.32 Å². The smallest absolute Gasteiger partial charge is 0.253 e. The summed E-state index contributed by atoms with van der Waals surface area (Å²) in [4.78, 5) is 27.6. The van der Waals surface area contributed by atoms with Crippen molar-refractivity contribution >= 4 is 11.8 Å². The Kier molecular flexibility index (Phi) is 6.28. The Balaban J connectivity index is 1.76. The minimum absolute atomic E-state index is 0.00554. The Bertz CT molecular complexity index is 758. The van der Waals surface area contributed by atoms with Crippen molar-refractivity contribution in [1.29, 1.82) is 0 Å². The van der Waals surface area contributed by atoms with Gasteiger partial charge >= 0.3 is 0 Å². The molecule has 3 rings (SSSR count). The standard InChI is InChI=1S/C23H28N2O2/c1-17(2)13-14-24-22(26)21-16-25(23(27)19-11-7-4-8-12-19)15-20(21)18-9-5-3-6-10-18/h3-12,17,20-21H,13-16H2,1-2H3,(H,24,26)/t20-,21+/m0/s1. The molecule has 0 aromatic heterocycles. The Morgan fingerprint density at radius 3 is 2.26 bits per heavy atom. The van der Waals surface area contributed by atoms with E-state index >= 15 is 0 Å². The molecule has 0 radical (unpaired) electrons. The quantitative estimate of drug-likeness (QED) is 0.850. The third-order valence-electron chi connectivity index (χ3n) is 5.21. The molecule has 27 heavy (non-hydrogen) atoms. The average molecular weight is 364 g/mol. The molecule has 4 nitrogen and oxygen atoms in total. The largest absolute Gasteiger partial charge is 0.356 e. The first-order chi connectivity index (χ1) is 13.1. The van der Waals surface area contributed by atoms with Crippen molar-refractivity contribution in [3.05, 3.63) is 71.8 Å². The number of nitrogens with zero attached hydrogens (tertiary/aromatic N) is 1. The van der Waals surface area contributed by atoms with Gasteiger partial charge in [0.05, 0.1) is 5.92 Å². The number of amides is 2. The van der Waals surface area contributed by atoms with E-state index in [1.165, 1.54) is 0 Å². The van der Waals surface area contributed by atoms with E-state index in [1.807, 2.05) is 53.4 Å². The fraction of sp³-hybridized carbons (Fsp3) is 0.391. The summed E-state index contributed by atoms with van der Waals surface area (Å²) in [6, 6.07) is 19.4. The first-order valence-corrected chi connectivity index (χ1v) is 9.73. The number of rotatable bonds is 6.